The molecule has 0 saturated carbocycles. The summed E-state index contributed by atoms with van der Waals surface area (Å²) in [5.41, 5.74) is 3.11. The molecule has 2 rings (SSSR count). The Morgan fingerprint density at radius 3 is 1.97 bits per heavy atom. The fourth-order valence-electron chi connectivity index (χ4n) is 2.88. The van der Waals surface area contributed by atoms with Crippen molar-refractivity contribution < 1.29 is 24.6 Å². The number of aliphatic carboxylic acids is 2. The lowest BCUT2D eigenvalue weighted by Gasteiger charge is -2.17. The lowest BCUT2D eigenvalue weighted by molar-refractivity contribution is -0.143. The monoisotopic (exact) mass is 429 g/mol. The molecule has 0 aliphatic heterocycles. The number of hydrogen-bond acceptors (Lipinski definition) is 4. The molecule has 2 aromatic rings. The molecule has 0 aliphatic rings. The third-order valence-electron chi connectivity index (χ3n) is 4.62. The molecule has 1 atom stereocenters. The lowest BCUT2D eigenvalue weighted by Crippen LogP contribution is -2.44. The first-order valence-electron chi connectivity index (χ1n) is 9.82. The Morgan fingerprint density at radius 1 is 0.900 bits per heavy atom. The van der Waals surface area contributed by atoms with E-state index in [2.05, 4.69) is 5.32 Å². The smallest absolute Gasteiger partial charge is 0.326 e. The number of thioether (sulfide) groups is 1. The molecular weight excluding hydrogens is 402 g/mol. The fraction of sp³-hybridized carbons (Fsp3) is 0.348. The highest BCUT2D eigenvalue weighted by molar-refractivity contribution is 7.99. The van der Waals surface area contributed by atoms with E-state index in [4.69, 9.17) is 10.2 Å². The molecule has 3 N–H and O–H groups in total. The van der Waals surface area contributed by atoms with Crippen LogP contribution in [0.2, 0.25) is 0 Å². The van der Waals surface area contributed by atoms with Gasteiger partial charge in [-0.05, 0) is 41.2 Å². The first-order chi connectivity index (χ1) is 14.3. The van der Waals surface area contributed by atoms with Crippen molar-refractivity contribution in [2.75, 3.05) is 5.75 Å². The molecule has 6 nitrogen and oxygen atoms in total. The van der Waals surface area contributed by atoms with E-state index in [1.54, 1.807) is 25.6 Å². The number of rotatable bonds is 11. The normalized spacial score (nSPS) is 11.8. The van der Waals surface area contributed by atoms with Crippen molar-refractivity contribution in [3.05, 3.63) is 54.1 Å². The first-order valence-corrected chi connectivity index (χ1v) is 10.8. The minimum atomic E-state index is -1.02. The van der Waals surface area contributed by atoms with Crippen LogP contribution >= 0.6 is 11.8 Å². The van der Waals surface area contributed by atoms with E-state index in [0.717, 1.165) is 21.6 Å². The summed E-state index contributed by atoms with van der Waals surface area (Å²) in [5.74, 6) is -1.68. The Morgan fingerprint density at radius 2 is 1.47 bits per heavy atom. The molecular formula is C23H27NO5S. The van der Waals surface area contributed by atoms with Gasteiger partial charge in [0.15, 0.2) is 0 Å². The zero-order valence-corrected chi connectivity index (χ0v) is 17.9. The Balaban J connectivity index is 1.84. The molecule has 0 saturated heterocycles. The SMILES string of the molecule is CC(C)[C@H](NC(=O)CCSc1ccc(-c2ccc(CCC(=O)O)cc2)cc1)C(=O)O. The summed E-state index contributed by atoms with van der Waals surface area (Å²) < 4.78 is 0. The number of carbonyl (C=O) groups excluding carboxylic acids is 1. The maximum atomic E-state index is 12.0. The van der Waals surface area contributed by atoms with E-state index >= 15 is 0 Å². The van der Waals surface area contributed by atoms with Gasteiger partial charge in [0.25, 0.3) is 0 Å². The standard InChI is InChI=1S/C23H27NO5S/c1-15(2)22(23(28)29)24-20(25)13-14-30-19-10-8-18(9-11-19)17-6-3-16(4-7-17)5-12-21(26)27/h3-4,6-11,15,22H,5,12-14H2,1-2H3,(H,24,25)(H,26,27)(H,28,29)/t22-/m0/s1. The van der Waals surface area contributed by atoms with Crippen LogP contribution in [0.3, 0.4) is 0 Å². The van der Waals surface area contributed by atoms with Gasteiger partial charge < -0.3 is 15.5 Å². The van der Waals surface area contributed by atoms with E-state index in [0.29, 0.717) is 12.2 Å². The van der Waals surface area contributed by atoms with Crippen LogP contribution < -0.4 is 5.32 Å². The van der Waals surface area contributed by atoms with E-state index in [1.807, 2.05) is 48.5 Å². The van der Waals surface area contributed by atoms with Crippen molar-refractivity contribution in [1.82, 2.24) is 5.32 Å². The third kappa shape index (κ3) is 7.55. The molecule has 0 fully saturated rings. The maximum absolute atomic E-state index is 12.0. The number of benzene rings is 2. The van der Waals surface area contributed by atoms with E-state index in [1.165, 1.54) is 0 Å². The molecule has 0 heterocycles. The number of amides is 1. The molecule has 7 heteroatoms. The van der Waals surface area contributed by atoms with Gasteiger partial charge in [0.2, 0.25) is 5.91 Å². The highest BCUT2D eigenvalue weighted by Gasteiger charge is 2.22. The topological polar surface area (TPSA) is 104 Å². The Labute approximate surface area is 180 Å². The largest absolute Gasteiger partial charge is 0.481 e. The van der Waals surface area contributed by atoms with Gasteiger partial charge in [-0.1, -0.05) is 50.2 Å². The van der Waals surface area contributed by atoms with Crippen molar-refractivity contribution in [2.45, 2.75) is 44.0 Å². The Kier molecular flexibility index (Phi) is 8.92. The molecule has 0 aliphatic carbocycles. The van der Waals surface area contributed by atoms with Crippen LogP contribution in [0.15, 0.2) is 53.4 Å². The number of carbonyl (C=O) groups is 3. The van der Waals surface area contributed by atoms with Crippen LogP contribution in [-0.4, -0.2) is 39.9 Å². The van der Waals surface area contributed by atoms with Gasteiger partial charge in [-0.3, -0.25) is 9.59 Å². The average molecular weight is 430 g/mol. The second-order valence-electron chi connectivity index (χ2n) is 7.34. The van der Waals surface area contributed by atoms with Gasteiger partial charge >= 0.3 is 11.9 Å². The molecule has 0 radical (unpaired) electrons. The van der Waals surface area contributed by atoms with Crippen LogP contribution in [0.1, 0.15) is 32.3 Å². The van der Waals surface area contributed by atoms with Crippen molar-refractivity contribution in [3.8, 4) is 11.1 Å². The number of nitrogens with one attached hydrogen (secondary N) is 1. The quantitative estimate of drug-likeness (QED) is 0.465. The number of carboxylic acids is 2. The average Bonchev–Trinajstić information content (AvgIpc) is 2.71. The summed E-state index contributed by atoms with van der Waals surface area (Å²) >= 11 is 1.54. The van der Waals surface area contributed by atoms with Gasteiger partial charge in [-0.2, -0.15) is 0 Å². The molecule has 160 valence electrons. The van der Waals surface area contributed by atoms with Crippen LogP contribution in [0.25, 0.3) is 11.1 Å². The molecule has 0 unspecified atom stereocenters. The van der Waals surface area contributed by atoms with Crippen molar-refractivity contribution in [1.29, 1.82) is 0 Å². The van der Waals surface area contributed by atoms with Gasteiger partial charge in [0.1, 0.15) is 6.04 Å². The summed E-state index contributed by atoms with van der Waals surface area (Å²) in [7, 11) is 0. The first kappa shape index (κ1) is 23.5. The number of carboxylic acid groups (broad SMARTS) is 2. The lowest BCUT2D eigenvalue weighted by atomic mass is 10.0. The van der Waals surface area contributed by atoms with Crippen LogP contribution in [0, 0.1) is 5.92 Å². The summed E-state index contributed by atoms with van der Waals surface area (Å²) in [6.07, 6.45) is 0.890. The second-order valence-corrected chi connectivity index (χ2v) is 8.51. The Hall–Kier alpha value is -2.80. The predicted octanol–water partition coefficient (Wildman–Crippen LogP) is 4.08. The van der Waals surface area contributed by atoms with Gasteiger partial charge in [0.05, 0.1) is 0 Å². The molecule has 0 spiro atoms. The zero-order chi connectivity index (χ0) is 22.1. The summed E-state index contributed by atoms with van der Waals surface area (Å²) in [6.45, 7) is 3.53. The van der Waals surface area contributed by atoms with E-state index in [-0.39, 0.29) is 24.7 Å². The highest BCUT2D eigenvalue weighted by Crippen LogP contribution is 2.25. The second kappa shape index (κ2) is 11.4. The van der Waals surface area contributed by atoms with Gasteiger partial charge in [-0.15, -0.1) is 11.8 Å². The van der Waals surface area contributed by atoms with Crippen molar-refractivity contribution in [2.24, 2.45) is 5.92 Å². The van der Waals surface area contributed by atoms with E-state index < -0.39 is 18.0 Å². The maximum Gasteiger partial charge on any atom is 0.326 e. The number of aryl methyl sites for hydroxylation is 1. The van der Waals surface area contributed by atoms with Crippen LogP contribution in [0.4, 0.5) is 0 Å². The zero-order valence-electron chi connectivity index (χ0n) is 17.1. The molecule has 0 bridgehead atoms. The summed E-state index contributed by atoms with van der Waals surface area (Å²) in [6, 6.07) is 15.0. The molecule has 0 aromatic heterocycles. The van der Waals surface area contributed by atoms with E-state index in [9.17, 15) is 14.4 Å². The molecule has 30 heavy (non-hydrogen) atoms. The Bertz CT molecular complexity index is 862. The molecule has 2 aromatic carbocycles. The third-order valence-corrected chi connectivity index (χ3v) is 5.63. The van der Waals surface area contributed by atoms with Crippen LogP contribution in [0.5, 0.6) is 0 Å². The van der Waals surface area contributed by atoms with Gasteiger partial charge in [0, 0.05) is 23.5 Å². The summed E-state index contributed by atoms with van der Waals surface area (Å²) in [5, 5.41) is 20.5. The highest BCUT2D eigenvalue weighted by atomic mass is 32.2. The fourth-order valence-corrected chi connectivity index (χ4v) is 3.73. The predicted molar refractivity (Wildman–Crippen MR) is 118 cm³/mol. The molecule has 1 amide bonds. The van der Waals surface area contributed by atoms with Crippen molar-refractivity contribution >= 4 is 29.6 Å². The number of hydrogen-bond donors (Lipinski definition) is 3. The summed E-state index contributed by atoms with van der Waals surface area (Å²) in [4.78, 5) is 34.8. The van der Waals surface area contributed by atoms with Crippen LogP contribution in [-0.2, 0) is 20.8 Å². The van der Waals surface area contributed by atoms with Gasteiger partial charge in [-0.25, -0.2) is 4.79 Å². The minimum absolute atomic E-state index is 0.123. The van der Waals surface area contributed by atoms with Crippen molar-refractivity contribution in [3.63, 3.8) is 0 Å². The minimum Gasteiger partial charge on any atom is -0.481 e.